The Bertz CT molecular complexity index is 416. The van der Waals surface area contributed by atoms with Crippen LogP contribution in [0.15, 0.2) is 24.3 Å². The normalized spacial score (nSPS) is 25.1. The molecule has 0 radical (unpaired) electrons. The highest BCUT2D eigenvalue weighted by molar-refractivity contribution is 5.33. The van der Waals surface area contributed by atoms with Crippen molar-refractivity contribution in [2.75, 3.05) is 6.54 Å². The molecule has 2 rings (SSSR count). The number of benzene rings is 1. The van der Waals surface area contributed by atoms with Crippen LogP contribution in [-0.4, -0.2) is 23.5 Å². The first-order valence-electron chi connectivity index (χ1n) is 6.15. The van der Waals surface area contributed by atoms with Crippen molar-refractivity contribution in [3.63, 3.8) is 0 Å². The average molecular weight is 229 g/mol. The molecule has 0 spiro atoms. The van der Waals surface area contributed by atoms with E-state index in [9.17, 15) is 0 Å². The van der Waals surface area contributed by atoms with Gasteiger partial charge in [0.1, 0.15) is 0 Å². The molecule has 0 bridgehead atoms. The van der Waals surface area contributed by atoms with E-state index in [2.05, 4.69) is 24.8 Å². The van der Waals surface area contributed by atoms with E-state index in [4.69, 9.17) is 11.0 Å². The Balaban J connectivity index is 2.27. The average Bonchev–Trinajstić information content (AvgIpc) is 2.71. The second-order valence-electron chi connectivity index (χ2n) is 4.96. The van der Waals surface area contributed by atoms with E-state index in [1.165, 1.54) is 5.56 Å². The van der Waals surface area contributed by atoms with Crippen LogP contribution in [-0.2, 0) is 0 Å². The van der Waals surface area contributed by atoms with Crippen LogP contribution >= 0.6 is 0 Å². The number of nitrogens with zero attached hydrogens (tertiary/aromatic N) is 2. The van der Waals surface area contributed by atoms with Crippen LogP contribution in [0.1, 0.15) is 37.4 Å². The summed E-state index contributed by atoms with van der Waals surface area (Å²) in [5, 5.41) is 8.80. The van der Waals surface area contributed by atoms with Crippen LogP contribution in [0.4, 0.5) is 0 Å². The first kappa shape index (κ1) is 12.1. The highest BCUT2D eigenvalue weighted by atomic mass is 15.2. The molecule has 1 aromatic rings. The van der Waals surface area contributed by atoms with Gasteiger partial charge in [0.25, 0.3) is 0 Å². The Morgan fingerprint density at radius 2 is 2.00 bits per heavy atom. The maximum Gasteiger partial charge on any atom is 0.0991 e. The van der Waals surface area contributed by atoms with E-state index in [1.54, 1.807) is 0 Å². The summed E-state index contributed by atoms with van der Waals surface area (Å²) < 4.78 is 0. The van der Waals surface area contributed by atoms with Gasteiger partial charge in [-0.1, -0.05) is 12.1 Å². The summed E-state index contributed by atoms with van der Waals surface area (Å²) in [5.74, 6) is 0. The Labute approximate surface area is 103 Å². The third-order valence-corrected chi connectivity index (χ3v) is 3.53. The number of nitriles is 1. The maximum atomic E-state index is 8.80. The molecular formula is C14H19N3. The van der Waals surface area contributed by atoms with Gasteiger partial charge in [0, 0.05) is 18.6 Å². The summed E-state index contributed by atoms with van der Waals surface area (Å²) >= 11 is 0. The molecule has 17 heavy (non-hydrogen) atoms. The number of hydrogen-bond donors (Lipinski definition) is 1. The largest absolute Gasteiger partial charge is 0.326 e. The van der Waals surface area contributed by atoms with Crippen molar-refractivity contribution < 1.29 is 0 Å². The first-order chi connectivity index (χ1) is 8.13. The van der Waals surface area contributed by atoms with Crippen molar-refractivity contribution in [2.24, 2.45) is 5.73 Å². The zero-order valence-corrected chi connectivity index (χ0v) is 10.4. The molecule has 2 atom stereocenters. The van der Waals surface area contributed by atoms with E-state index < -0.39 is 0 Å². The van der Waals surface area contributed by atoms with Crippen LogP contribution in [0.25, 0.3) is 0 Å². The van der Waals surface area contributed by atoms with E-state index in [-0.39, 0.29) is 6.04 Å². The molecule has 3 heteroatoms. The second kappa shape index (κ2) is 4.87. The molecule has 0 aromatic heterocycles. The molecule has 0 amide bonds. The van der Waals surface area contributed by atoms with Gasteiger partial charge < -0.3 is 5.73 Å². The van der Waals surface area contributed by atoms with Crippen molar-refractivity contribution >= 4 is 0 Å². The molecule has 0 aliphatic carbocycles. The van der Waals surface area contributed by atoms with Crippen molar-refractivity contribution in [3.05, 3.63) is 35.4 Å². The number of likely N-dealkylation sites (tertiary alicyclic amines) is 1. The fourth-order valence-corrected chi connectivity index (χ4v) is 2.61. The van der Waals surface area contributed by atoms with Crippen LogP contribution in [0, 0.1) is 11.3 Å². The van der Waals surface area contributed by atoms with Gasteiger partial charge in [0.2, 0.25) is 0 Å². The molecule has 1 aromatic carbocycles. The minimum Gasteiger partial charge on any atom is -0.326 e. The molecule has 3 nitrogen and oxygen atoms in total. The van der Waals surface area contributed by atoms with Crippen molar-refractivity contribution in [1.82, 2.24) is 4.90 Å². The second-order valence-corrected chi connectivity index (χ2v) is 4.96. The lowest BCUT2D eigenvalue weighted by molar-refractivity contribution is 0.198. The molecule has 0 saturated carbocycles. The Morgan fingerprint density at radius 3 is 2.53 bits per heavy atom. The predicted octanol–water partition coefficient (Wildman–Crippen LogP) is 2.04. The predicted molar refractivity (Wildman–Crippen MR) is 68.3 cm³/mol. The van der Waals surface area contributed by atoms with Gasteiger partial charge >= 0.3 is 0 Å². The van der Waals surface area contributed by atoms with Crippen LogP contribution in [0.5, 0.6) is 0 Å². The Hall–Kier alpha value is -1.37. The van der Waals surface area contributed by atoms with Gasteiger partial charge in [-0.3, -0.25) is 4.90 Å². The van der Waals surface area contributed by atoms with Gasteiger partial charge in [-0.05, 0) is 38.0 Å². The highest BCUT2D eigenvalue weighted by Crippen LogP contribution is 2.32. The monoisotopic (exact) mass is 229 g/mol. The highest BCUT2D eigenvalue weighted by Gasteiger charge is 2.34. The first-order valence-corrected chi connectivity index (χ1v) is 6.15. The van der Waals surface area contributed by atoms with Gasteiger partial charge in [-0.25, -0.2) is 0 Å². The third kappa shape index (κ3) is 2.33. The lowest BCUT2D eigenvalue weighted by atomic mass is 9.99. The SMILES string of the molecule is CC(C)N1CCC(N)C1c1ccc(C#N)cc1. The fraction of sp³-hybridized carbons (Fsp3) is 0.500. The molecule has 1 aliphatic heterocycles. The molecule has 1 heterocycles. The standard InChI is InChI=1S/C14H19N3/c1-10(2)17-8-7-13(16)14(17)12-5-3-11(9-15)4-6-12/h3-6,10,13-14H,7-8,16H2,1-2H3. The van der Waals surface area contributed by atoms with Gasteiger partial charge in [-0.15, -0.1) is 0 Å². The van der Waals surface area contributed by atoms with Crippen molar-refractivity contribution in [1.29, 1.82) is 5.26 Å². The van der Waals surface area contributed by atoms with E-state index in [0.29, 0.717) is 17.6 Å². The molecule has 2 unspecified atom stereocenters. The van der Waals surface area contributed by atoms with Gasteiger partial charge in [0.05, 0.1) is 17.7 Å². The van der Waals surface area contributed by atoms with Crippen molar-refractivity contribution in [3.8, 4) is 6.07 Å². The number of rotatable bonds is 2. The molecule has 90 valence electrons. The quantitative estimate of drug-likeness (QED) is 0.844. The summed E-state index contributed by atoms with van der Waals surface area (Å²) in [6.45, 7) is 5.47. The lowest BCUT2D eigenvalue weighted by Gasteiger charge is -2.30. The van der Waals surface area contributed by atoms with Crippen LogP contribution in [0.3, 0.4) is 0 Å². The summed E-state index contributed by atoms with van der Waals surface area (Å²) in [6, 6.07) is 11.0. The smallest absolute Gasteiger partial charge is 0.0991 e. The van der Waals surface area contributed by atoms with Gasteiger partial charge in [-0.2, -0.15) is 5.26 Å². The van der Waals surface area contributed by atoms with Crippen LogP contribution in [0.2, 0.25) is 0 Å². The Morgan fingerprint density at radius 1 is 1.35 bits per heavy atom. The fourth-order valence-electron chi connectivity index (χ4n) is 2.61. The summed E-state index contributed by atoms with van der Waals surface area (Å²) in [6.07, 6.45) is 1.04. The third-order valence-electron chi connectivity index (χ3n) is 3.53. The van der Waals surface area contributed by atoms with Crippen LogP contribution < -0.4 is 5.73 Å². The zero-order valence-electron chi connectivity index (χ0n) is 10.4. The maximum absolute atomic E-state index is 8.80. The number of nitrogens with two attached hydrogens (primary N) is 1. The van der Waals surface area contributed by atoms with E-state index >= 15 is 0 Å². The molecule has 1 fully saturated rings. The molecule has 1 aliphatic rings. The van der Waals surface area contributed by atoms with E-state index in [0.717, 1.165) is 13.0 Å². The topological polar surface area (TPSA) is 53.0 Å². The lowest BCUT2D eigenvalue weighted by Crippen LogP contribution is -2.35. The minimum absolute atomic E-state index is 0.199. The Kier molecular flexibility index (Phi) is 3.46. The summed E-state index contributed by atoms with van der Waals surface area (Å²) in [7, 11) is 0. The summed E-state index contributed by atoms with van der Waals surface area (Å²) in [4.78, 5) is 2.44. The molecular weight excluding hydrogens is 210 g/mol. The zero-order chi connectivity index (χ0) is 12.4. The number of hydrogen-bond acceptors (Lipinski definition) is 3. The summed E-state index contributed by atoms with van der Waals surface area (Å²) in [5.41, 5.74) is 8.13. The van der Waals surface area contributed by atoms with Crippen molar-refractivity contribution in [2.45, 2.75) is 38.4 Å². The molecule has 1 saturated heterocycles. The van der Waals surface area contributed by atoms with Gasteiger partial charge in [0.15, 0.2) is 0 Å². The molecule has 2 N–H and O–H groups in total. The van der Waals surface area contributed by atoms with E-state index in [1.807, 2.05) is 24.3 Å². The minimum atomic E-state index is 0.199.